The molecule has 0 aliphatic carbocycles. The first kappa shape index (κ1) is 75.8. The molecule has 0 aliphatic rings. The van der Waals surface area contributed by atoms with Gasteiger partial charge in [-0.1, -0.05) is 277 Å². The molecular weight excluding hydrogens is 985 g/mol. The van der Waals surface area contributed by atoms with E-state index in [1.165, 1.54) is 135 Å². The Morgan fingerprint density at radius 1 is 0.263 bits per heavy atom. The van der Waals surface area contributed by atoms with E-state index in [4.69, 9.17) is 14.2 Å². The Bertz CT molecular complexity index is 1650. The number of rotatable bonds is 60. The van der Waals surface area contributed by atoms with Gasteiger partial charge in [0.25, 0.3) is 0 Å². The minimum atomic E-state index is -0.797. The van der Waals surface area contributed by atoms with Crippen LogP contribution in [0.1, 0.15) is 310 Å². The first-order valence-electron chi connectivity index (χ1n) is 33.5. The fraction of sp³-hybridized carbons (Fsp3) is 0.689. The standard InChI is InChI=1S/C74H124O6/c1-4-7-10-13-16-19-22-25-28-31-33-34-35-36-37-38-39-40-42-43-46-49-52-55-58-61-64-67-73(76)79-70-71(69-78-72(75)66-63-60-57-54-51-48-45-30-27-24-21-18-15-12-9-6-3)80-74(77)68-65-62-59-56-53-50-47-44-41-32-29-26-23-20-17-14-11-8-5-2/h7,10,16-17,19-20,25-26,28-30,33-34,36-37,39-40,43,45-46,71H,4-6,8-9,11-15,18,21-24,27,31-32,35,38,41-42,44,47-70H2,1-3H3/b10-7-,19-16-,20-17-,28-25-,29-26-,34-33-,37-36-,40-39-,45-30-,46-43-. The number of hydrogen-bond acceptors (Lipinski definition) is 6. The Morgan fingerprint density at radius 2 is 0.487 bits per heavy atom. The summed E-state index contributed by atoms with van der Waals surface area (Å²) < 4.78 is 16.9. The smallest absolute Gasteiger partial charge is 0.306 e. The first-order valence-corrected chi connectivity index (χ1v) is 33.5. The molecule has 456 valence electrons. The minimum Gasteiger partial charge on any atom is -0.462 e. The molecule has 0 heterocycles. The van der Waals surface area contributed by atoms with Crippen LogP contribution in [0.2, 0.25) is 0 Å². The molecule has 0 spiro atoms. The number of esters is 3. The second kappa shape index (κ2) is 67.3. The molecule has 0 saturated carbocycles. The van der Waals surface area contributed by atoms with Crippen molar-refractivity contribution in [3.63, 3.8) is 0 Å². The number of allylic oxidation sites excluding steroid dienone is 20. The van der Waals surface area contributed by atoms with Gasteiger partial charge in [0.05, 0.1) is 0 Å². The predicted octanol–water partition coefficient (Wildman–Crippen LogP) is 23.2. The summed E-state index contributed by atoms with van der Waals surface area (Å²) in [6, 6.07) is 0. The largest absolute Gasteiger partial charge is 0.462 e. The Hall–Kier alpha value is -4.19. The van der Waals surface area contributed by atoms with Crippen molar-refractivity contribution in [3.8, 4) is 0 Å². The van der Waals surface area contributed by atoms with E-state index < -0.39 is 6.10 Å². The molecule has 0 aromatic rings. The molecule has 1 unspecified atom stereocenters. The molecule has 0 radical (unpaired) electrons. The van der Waals surface area contributed by atoms with Crippen molar-refractivity contribution >= 4 is 17.9 Å². The van der Waals surface area contributed by atoms with E-state index in [9.17, 15) is 14.4 Å². The van der Waals surface area contributed by atoms with Crippen molar-refractivity contribution in [2.75, 3.05) is 13.2 Å². The molecule has 0 saturated heterocycles. The van der Waals surface area contributed by atoms with E-state index in [2.05, 4.69) is 142 Å². The quantitative estimate of drug-likeness (QED) is 0.0261. The fourth-order valence-corrected chi connectivity index (χ4v) is 9.15. The van der Waals surface area contributed by atoms with Crippen LogP contribution >= 0.6 is 0 Å². The molecule has 0 aliphatic heterocycles. The topological polar surface area (TPSA) is 78.9 Å². The molecule has 0 rings (SSSR count). The molecule has 80 heavy (non-hydrogen) atoms. The van der Waals surface area contributed by atoms with Gasteiger partial charge < -0.3 is 14.2 Å². The molecule has 0 bridgehead atoms. The third kappa shape index (κ3) is 64.6. The number of hydrogen-bond donors (Lipinski definition) is 0. The van der Waals surface area contributed by atoms with Gasteiger partial charge in [0.15, 0.2) is 6.10 Å². The number of carbonyl (C=O) groups excluding carboxylic acids is 3. The average Bonchev–Trinajstić information content (AvgIpc) is 3.46. The summed E-state index contributed by atoms with van der Waals surface area (Å²) in [4.78, 5) is 38.4. The summed E-state index contributed by atoms with van der Waals surface area (Å²) >= 11 is 0. The molecule has 0 aromatic carbocycles. The van der Waals surface area contributed by atoms with E-state index >= 15 is 0 Å². The fourth-order valence-electron chi connectivity index (χ4n) is 9.15. The zero-order valence-electron chi connectivity index (χ0n) is 52.3. The van der Waals surface area contributed by atoms with Gasteiger partial charge in [-0.2, -0.15) is 0 Å². The molecule has 0 N–H and O–H groups in total. The van der Waals surface area contributed by atoms with Gasteiger partial charge in [-0.15, -0.1) is 0 Å². The summed E-state index contributed by atoms with van der Waals surface area (Å²) in [5.74, 6) is -0.915. The number of carbonyl (C=O) groups is 3. The van der Waals surface area contributed by atoms with Crippen molar-refractivity contribution in [1.29, 1.82) is 0 Å². The van der Waals surface area contributed by atoms with E-state index in [0.717, 1.165) is 135 Å². The molecule has 0 fully saturated rings. The van der Waals surface area contributed by atoms with Gasteiger partial charge >= 0.3 is 17.9 Å². The maximum Gasteiger partial charge on any atom is 0.306 e. The predicted molar refractivity (Wildman–Crippen MR) is 348 cm³/mol. The summed E-state index contributed by atoms with van der Waals surface area (Å²) in [6.07, 6.45) is 93.4. The third-order valence-corrected chi connectivity index (χ3v) is 14.2. The molecular formula is C74H124O6. The highest BCUT2D eigenvalue weighted by Gasteiger charge is 2.19. The van der Waals surface area contributed by atoms with Crippen LogP contribution in [-0.2, 0) is 28.6 Å². The third-order valence-electron chi connectivity index (χ3n) is 14.2. The lowest BCUT2D eigenvalue weighted by Gasteiger charge is -2.18. The van der Waals surface area contributed by atoms with Gasteiger partial charge in [-0.25, -0.2) is 0 Å². The van der Waals surface area contributed by atoms with Crippen LogP contribution in [0.25, 0.3) is 0 Å². The summed E-state index contributed by atoms with van der Waals surface area (Å²) in [7, 11) is 0. The molecule has 6 heteroatoms. The van der Waals surface area contributed by atoms with Crippen LogP contribution in [0.3, 0.4) is 0 Å². The normalized spacial score (nSPS) is 12.9. The van der Waals surface area contributed by atoms with Gasteiger partial charge in [0, 0.05) is 19.3 Å². The van der Waals surface area contributed by atoms with Crippen molar-refractivity contribution in [2.24, 2.45) is 0 Å². The van der Waals surface area contributed by atoms with Crippen LogP contribution in [-0.4, -0.2) is 37.2 Å². The van der Waals surface area contributed by atoms with Crippen molar-refractivity contribution < 1.29 is 28.6 Å². The van der Waals surface area contributed by atoms with Crippen molar-refractivity contribution in [2.45, 2.75) is 316 Å². The second-order valence-electron chi connectivity index (χ2n) is 22.0. The maximum atomic E-state index is 12.9. The zero-order valence-corrected chi connectivity index (χ0v) is 52.3. The van der Waals surface area contributed by atoms with Crippen molar-refractivity contribution in [1.82, 2.24) is 0 Å². The Kier molecular flexibility index (Phi) is 63.8. The van der Waals surface area contributed by atoms with Gasteiger partial charge in [-0.05, 0) is 135 Å². The highest BCUT2D eigenvalue weighted by atomic mass is 16.6. The van der Waals surface area contributed by atoms with Crippen molar-refractivity contribution in [3.05, 3.63) is 122 Å². The lowest BCUT2D eigenvalue weighted by atomic mass is 10.1. The Labute approximate surface area is 494 Å². The number of unbranched alkanes of at least 4 members (excludes halogenated alkanes) is 29. The van der Waals surface area contributed by atoms with Gasteiger partial charge in [-0.3, -0.25) is 14.4 Å². The lowest BCUT2D eigenvalue weighted by molar-refractivity contribution is -0.167. The van der Waals surface area contributed by atoms with E-state index in [1.807, 2.05) is 0 Å². The Balaban J connectivity index is 4.42. The Morgan fingerprint density at radius 3 is 0.800 bits per heavy atom. The van der Waals surface area contributed by atoms with E-state index in [0.29, 0.717) is 19.3 Å². The summed E-state index contributed by atoms with van der Waals surface area (Å²) in [5, 5.41) is 0. The summed E-state index contributed by atoms with van der Waals surface area (Å²) in [6.45, 7) is 6.49. The van der Waals surface area contributed by atoms with Crippen LogP contribution in [0.5, 0.6) is 0 Å². The molecule has 1 atom stereocenters. The molecule has 0 amide bonds. The number of ether oxygens (including phenoxy) is 3. The average molecular weight is 1110 g/mol. The van der Waals surface area contributed by atoms with Crippen LogP contribution in [0.4, 0.5) is 0 Å². The summed E-state index contributed by atoms with van der Waals surface area (Å²) in [5.41, 5.74) is 0. The minimum absolute atomic E-state index is 0.0916. The zero-order chi connectivity index (χ0) is 57.8. The monoisotopic (exact) mass is 1110 g/mol. The van der Waals surface area contributed by atoms with Crippen LogP contribution in [0.15, 0.2) is 122 Å². The molecule has 0 aromatic heterocycles. The van der Waals surface area contributed by atoms with Gasteiger partial charge in [0.1, 0.15) is 13.2 Å². The SMILES string of the molecule is CC/C=C\C/C=C\C/C=C\C/C=C\C/C=C\C/C=C\C/C=C\CCCCCCCC(=O)OCC(COC(=O)CCCCCCC/C=C\CCCCCCCCC)OC(=O)CCCCCCCCCCC/C=C\C/C=C\CCCCC. The van der Waals surface area contributed by atoms with E-state index in [-0.39, 0.29) is 31.1 Å². The van der Waals surface area contributed by atoms with Gasteiger partial charge in [0.2, 0.25) is 0 Å². The maximum absolute atomic E-state index is 12.9. The second-order valence-corrected chi connectivity index (χ2v) is 22.0. The van der Waals surface area contributed by atoms with E-state index in [1.54, 1.807) is 0 Å². The highest BCUT2D eigenvalue weighted by Crippen LogP contribution is 2.15. The first-order chi connectivity index (χ1) is 39.5. The molecule has 6 nitrogen and oxygen atoms in total. The highest BCUT2D eigenvalue weighted by molar-refractivity contribution is 5.71. The van der Waals surface area contributed by atoms with Crippen LogP contribution < -0.4 is 0 Å². The van der Waals surface area contributed by atoms with Crippen LogP contribution in [0, 0.1) is 0 Å². The lowest BCUT2D eigenvalue weighted by Crippen LogP contribution is -2.30.